The van der Waals surface area contributed by atoms with E-state index >= 15 is 0 Å². The van der Waals surface area contributed by atoms with Crippen molar-refractivity contribution in [2.24, 2.45) is 0 Å². The number of carbonyl (C=O) groups excluding carboxylic acids is 2. The maximum Gasteiger partial charge on any atom is 0.314 e. The van der Waals surface area contributed by atoms with Gasteiger partial charge in [-0.1, -0.05) is 40.9 Å². The first-order valence-corrected chi connectivity index (χ1v) is 7.13. The van der Waals surface area contributed by atoms with E-state index < -0.39 is 11.8 Å². The van der Waals surface area contributed by atoms with E-state index in [4.69, 9.17) is 40.5 Å². The molecule has 0 fully saturated rings. The van der Waals surface area contributed by atoms with E-state index in [1.165, 1.54) is 24.3 Å². The van der Waals surface area contributed by atoms with Crippen LogP contribution in [0.5, 0.6) is 0 Å². The molecule has 0 aromatic heterocycles. The highest BCUT2D eigenvalue weighted by atomic mass is 35.5. The summed E-state index contributed by atoms with van der Waals surface area (Å²) in [4.78, 5) is 23.7. The van der Waals surface area contributed by atoms with Crippen molar-refractivity contribution >= 4 is 63.7 Å². The second-order valence-corrected chi connectivity index (χ2v) is 5.44. The summed E-state index contributed by atoms with van der Waals surface area (Å²) in [5.74, 6) is -1.77. The maximum atomic E-state index is 11.8. The summed E-state index contributed by atoms with van der Waals surface area (Å²) < 4.78 is 0. The number of anilines is 3. The highest BCUT2D eigenvalue weighted by Gasteiger charge is 2.16. The zero-order valence-electron chi connectivity index (χ0n) is 11.0. The van der Waals surface area contributed by atoms with Crippen LogP contribution in [0.4, 0.5) is 17.1 Å². The van der Waals surface area contributed by atoms with Gasteiger partial charge in [0.15, 0.2) is 0 Å². The Morgan fingerprint density at radius 1 is 0.909 bits per heavy atom. The lowest BCUT2D eigenvalue weighted by Gasteiger charge is -2.09. The van der Waals surface area contributed by atoms with E-state index in [2.05, 4.69) is 10.6 Å². The Labute approximate surface area is 141 Å². The van der Waals surface area contributed by atoms with E-state index in [1.807, 2.05) is 0 Å². The number of carbonyl (C=O) groups is 2. The van der Waals surface area contributed by atoms with Crippen molar-refractivity contribution in [3.8, 4) is 0 Å². The Morgan fingerprint density at radius 3 is 2.27 bits per heavy atom. The number of hydrogen-bond donors (Lipinski definition) is 3. The minimum Gasteiger partial charge on any atom is -0.398 e. The maximum absolute atomic E-state index is 11.8. The Kier molecular flexibility index (Phi) is 5.13. The molecular formula is C14H10Cl3N3O2. The van der Waals surface area contributed by atoms with E-state index in [-0.39, 0.29) is 20.8 Å². The van der Waals surface area contributed by atoms with Gasteiger partial charge in [-0.3, -0.25) is 9.59 Å². The highest BCUT2D eigenvalue weighted by Crippen LogP contribution is 2.29. The predicted molar refractivity (Wildman–Crippen MR) is 89.6 cm³/mol. The van der Waals surface area contributed by atoms with Crippen molar-refractivity contribution in [1.82, 2.24) is 0 Å². The fourth-order valence-electron chi connectivity index (χ4n) is 1.57. The first-order valence-electron chi connectivity index (χ1n) is 6.00. The van der Waals surface area contributed by atoms with Crippen LogP contribution in [0.3, 0.4) is 0 Å². The van der Waals surface area contributed by atoms with Gasteiger partial charge in [0, 0.05) is 5.69 Å². The van der Waals surface area contributed by atoms with Gasteiger partial charge in [-0.2, -0.15) is 0 Å². The van der Waals surface area contributed by atoms with Crippen LogP contribution in [0.25, 0.3) is 0 Å². The summed E-state index contributed by atoms with van der Waals surface area (Å²) in [6.07, 6.45) is 0. The van der Waals surface area contributed by atoms with Crippen LogP contribution in [-0.2, 0) is 9.59 Å². The number of nitrogens with one attached hydrogen (secondary N) is 2. The van der Waals surface area contributed by atoms with Crippen molar-refractivity contribution < 1.29 is 9.59 Å². The molecule has 2 amide bonds. The van der Waals surface area contributed by atoms with Crippen LogP contribution in [0.15, 0.2) is 36.4 Å². The molecule has 0 radical (unpaired) electrons. The first kappa shape index (κ1) is 16.4. The molecule has 0 aliphatic carbocycles. The fraction of sp³-hybridized carbons (Fsp3) is 0. The first-order chi connectivity index (χ1) is 10.4. The predicted octanol–water partition coefficient (Wildman–Crippen LogP) is 3.81. The van der Waals surface area contributed by atoms with Gasteiger partial charge in [0.1, 0.15) is 0 Å². The SMILES string of the molecule is Nc1ccc(NC(=O)C(=O)Nc2cccc(Cl)c2Cl)cc1Cl. The molecule has 0 spiro atoms. The van der Waals surface area contributed by atoms with Gasteiger partial charge in [-0.05, 0) is 30.3 Å². The lowest BCUT2D eigenvalue weighted by Crippen LogP contribution is -2.29. The average molecular weight is 359 g/mol. The molecule has 2 aromatic rings. The molecular weight excluding hydrogens is 349 g/mol. The van der Waals surface area contributed by atoms with Gasteiger partial charge in [-0.15, -0.1) is 0 Å². The summed E-state index contributed by atoms with van der Waals surface area (Å²) in [6.45, 7) is 0. The second-order valence-electron chi connectivity index (χ2n) is 4.25. The molecule has 0 unspecified atom stereocenters. The number of nitrogens with two attached hydrogens (primary N) is 1. The minimum absolute atomic E-state index is 0.154. The topological polar surface area (TPSA) is 84.2 Å². The Bertz CT molecular complexity index is 750. The second kappa shape index (κ2) is 6.87. The molecule has 22 heavy (non-hydrogen) atoms. The molecule has 4 N–H and O–H groups in total. The van der Waals surface area contributed by atoms with Crippen LogP contribution < -0.4 is 16.4 Å². The number of hydrogen-bond acceptors (Lipinski definition) is 3. The monoisotopic (exact) mass is 357 g/mol. The smallest absolute Gasteiger partial charge is 0.314 e. The molecule has 2 rings (SSSR count). The van der Waals surface area contributed by atoms with Crippen molar-refractivity contribution in [2.75, 3.05) is 16.4 Å². The van der Waals surface area contributed by atoms with Gasteiger partial charge in [0.2, 0.25) is 0 Å². The molecule has 2 aromatic carbocycles. The van der Waals surface area contributed by atoms with Crippen LogP contribution in [-0.4, -0.2) is 11.8 Å². The van der Waals surface area contributed by atoms with Gasteiger partial charge in [-0.25, -0.2) is 0 Å². The van der Waals surface area contributed by atoms with Crippen LogP contribution >= 0.6 is 34.8 Å². The van der Waals surface area contributed by atoms with Crippen molar-refractivity contribution in [1.29, 1.82) is 0 Å². The highest BCUT2D eigenvalue weighted by molar-refractivity contribution is 6.47. The lowest BCUT2D eigenvalue weighted by atomic mass is 10.2. The summed E-state index contributed by atoms with van der Waals surface area (Å²) in [7, 11) is 0. The third kappa shape index (κ3) is 3.82. The molecule has 0 saturated heterocycles. The molecule has 0 atom stereocenters. The van der Waals surface area contributed by atoms with E-state index in [0.29, 0.717) is 11.4 Å². The largest absolute Gasteiger partial charge is 0.398 e. The fourth-order valence-corrected chi connectivity index (χ4v) is 2.10. The lowest BCUT2D eigenvalue weighted by molar-refractivity contribution is -0.132. The molecule has 8 heteroatoms. The number of halogens is 3. The Morgan fingerprint density at radius 2 is 1.59 bits per heavy atom. The molecule has 0 saturated carbocycles. The van der Waals surface area contributed by atoms with Gasteiger partial charge in [0.25, 0.3) is 0 Å². The van der Waals surface area contributed by atoms with Crippen molar-refractivity contribution in [2.45, 2.75) is 0 Å². The van der Waals surface area contributed by atoms with Crippen molar-refractivity contribution in [3.05, 3.63) is 51.5 Å². The minimum atomic E-state index is -0.892. The van der Waals surface area contributed by atoms with Crippen LogP contribution in [0, 0.1) is 0 Å². The van der Waals surface area contributed by atoms with Gasteiger partial charge < -0.3 is 16.4 Å². The summed E-state index contributed by atoms with van der Waals surface area (Å²) in [6, 6.07) is 9.17. The van der Waals surface area contributed by atoms with Crippen LogP contribution in [0.1, 0.15) is 0 Å². The molecule has 0 bridgehead atoms. The molecule has 0 aliphatic heterocycles. The zero-order chi connectivity index (χ0) is 16.3. The van der Waals surface area contributed by atoms with Crippen LogP contribution in [0.2, 0.25) is 15.1 Å². The normalized spacial score (nSPS) is 10.1. The van der Waals surface area contributed by atoms with E-state index in [1.54, 1.807) is 12.1 Å². The number of nitrogen functional groups attached to an aromatic ring is 1. The number of benzene rings is 2. The molecule has 0 aliphatic rings. The summed E-state index contributed by atoms with van der Waals surface area (Å²) in [5, 5.41) is 5.47. The average Bonchev–Trinajstić information content (AvgIpc) is 2.47. The molecule has 0 heterocycles. The third-order valence-electron chi connectivity index (χ3n) is 2.66. The van der Waals surface area contributed by atoms with Gasteiger partial charge >= 0.3 is 11.8 Å². The molecule has 114 valence electrons. The molecule has 5 nitrogen and oxygen atoms in total. The van der Waals surface area contributed by atoms with Gasteiger partial charge in [0.05, 0.1) is 26.4 Å². The Balaban J connectivity index is 2.07. The standard InChI is InChI=1S/C14H10Cl3N3O2/c15-8-2-1-3-11(12(8)17)20-14(22)13(21)19-7-4-5-10(18)9(16)6-7/h1-6H,18H2,(H,19,21)(H,20,22). The third-order valence-corrected chi connectivity index (χ3v) is 3.81. The van der Waals surface area contributed by atoms with E-state index in [0.717, 1.165) is 0 Å². The quantitative estimate of drug-likeness (QED) is 0.564. The van der Waals surface area contributed by atoms with E-state index in [9.17, 15) is 9.59 Å². The summed E-state index contributed by atoms with van der Waals surface area (Å²) >= 11 is 17.6. The van der Waals surface area contributed by atoms with Crippen molar-refractivity contribution in [3.63, 3.8) is 0 Å². The number of rotatable bonds is 2. The Hall–Kier alpha value is -1.95. The zero-order valence-corrected chi connectivity index (χ0v) is 13.3. The summed E-state index contributed by atoms with van der Waals surface area (Å²) in [5.41, 5.74) is 6.52. The number of amides is 2.